The number of hydrogen-bond acceptors (Lipinski definition) is 4. The van der Waals surface area contributed by atoms with Gasteiger partial charge in [0, 0.05) is 19.0 Å². The molecule has 0 saturated carbocycles. The van der Waals surface area contributed by atoms with Crippen LogP contribution in [0.2, 0.25) is 0 Å². The molecule has 1 amide bonds. The van der Waals surface area contributed by atoms with Crippen molar-refractivity contribution in [2.45, 2.75) is 18.6 Å². The van der Waals surface area contributed by atoms with Gasteiger partial charge in [-0.2, -0.15) is 0 Å². The second-order valence-electron chi connectivity index (χ2n) is 7.83. The minimum Gasteiger partial charge on any atom is -0.382 e. The van der Waals surface area contributed by atoms with E-state index >= 15 is 0 Å². The molecule has 0 fully saturated rings. The monoisotopic (exact) mass is 446 g/mol. The molecule has 0 saturated heterocycles. The number of aryl methyl sites for hydroxylation is 1. The molecule has 1 N–H and O–H groups in total. The largest absolute Gasteiger partial charge is 0.382 e. The minimum atomic E-state index is -0.969. The van der Waals surface area contributed by atoms with Gasteiger partial charge in [0.15, 0.2) is 0 Å². The highest BCUT2D eigenvalue weighted by Gasteiger charge is 2.33. The summed E-state index contributed by atoms with van der Waals surface area (Å²) in [4.78, 5) is 23.2. The van der Waals surface area contributed by atoms with Crippen LogP contribution in [0.3, 0.4) is 0 Å². The molecule has 1 aliphatic rings. The fraction of sp³-hybridized carbons (Fsp3) is 0.160. The number of rotatable bonds is 5. The van der Waals surface area contributed by atoms with Crippen molar-refractivity contribution in [2.24, 2.45) is 12.2 Å². The third kappa shape index (κ3) is 3.95. The summed E-state index contributed by atoms with van der Waals surface area (Å²) in [6, 6.07) is 19.7. The topological polar surface area (TPSA) is 68.5 Å². The molecule has 3 aromatic carbocycles. The number of para-hydroxylation sites is 2. The van der Waals surface area contributed by atoms with Crippen LogP contribution in [0, 0.1) is 11.6 Å². The van der Waals surface area contributed by atoms with E-state index in [4.69, 9.17) is 9.82 Å². The van der Waals surface area contributed by atoms with E-state index in [9.17, 15) is 13.6 Å². The number of fused-ring (bicyclic) bond motifs is 1. The van der Waals surface area contributed by atoms with Crippen molar-refractivity contribution >= 4 is 22.7 Å². The van der Waals surface area contributed by atoms with Crippen molar-refractivity contribution in [1.82, 2.24) is 14.9 Å². The molecule has 0 spiro atoms. The van der Waals surface area contributed by atoms with Crippen molar-refractivity contribution in [3.63, 3.8) is 0 Å². The van der Waals surface area contributed by atoms with Gasteiger partial charge in [-0.1, -0.05) is 47.6 Å². The lowest BCUT2D eigenvalue weighted by molar-refractivity contribution is -0.131. The quantitative estimate of drug-likeness (QED) is 0.498. The smallest absolute Gasteiger partial charge is 0.265 e. The fourth-order valence-corrected chi connectivity index (χ4v) is 4.00. The van der Waals surface area contributed by atoms with Gasteiger partial charge in [0.2, 0.25) is 6.10 Å². The van der Waals surface area contributed by atoms with Gasteiger partial charge in [0.1, 0.15) is 23.5 Å². The number of carbonyl (C=O) groups excluding carboxylic acids is 1. The van der Waals surface area contributed by atoms with Crippen molar-refractivity contribution in [2.75, 3.05) is 0 Å². The number of amides is 1. The molecule has 0 aliphatic carbocycles. The molecule has 2 atom stereocenters. The van der Waals surface area contributed by atoms with Crippen LogP contribution in [0.15, 0.2) is 78.0 Å². The minimum absolute atomic E-state index is 0.0136. The number of nitrogens with one attached hydrogen (secondary N) is 1. The Kier molecular flexibility index (Phi) is 5.34. The van der Waals surface area contributed by atoms with Crippen LogP contribution in [0.1, 0.15) is 29.4 Å². The Hall–Kier alpha value is -4.07. The Morgan fingerprint density at radius 1 is 1.09 bits per heavy atom. The number of benzene rings is 3. The Bertz CT molecular complexity index is 1370. The summed E-state index contributed by atoms with van der Waals surface area (Å²) in [5.41, 5.74) is 2.77. The Balaban J connectivity index is 1.42. The molecule has 0 radical (unpaired) electrons. The summed E-state index contributed by atoms with van der Waals surface area (Å²) in [6.45, 7) is 0. The van der Waals surface area contributed by atoms with Crippen molar-refractivity contribution < 1.29 is 18.4 Å². The van der Waals surface area contributed by atoms with Crippen molar-refractivity contribution in [3.8, 4) is 0 Å². The first-order valence-corrected chi connectivity index (χ1v) is 10.5. The van der Waals surface area contributed by atoms with E-state index in [1.165, 1.54) is 0 Å². The average Bonchev–Trinajstić information content (AvgIpc) is 3.45. The predicted octanol–water partition coefficient (Wildman–Crippen LogP) is 4.25. The summed E-state index contributed by atoms with van der Waals surface area (Å²) in [7, 11) is 1.90. The summed E-state index contributed by atoms with van der Waals surface area (Å²) in [5.74, 6) is -0.979. The number of aromatic nitrogens is 2. The molecule has 5 rings (SSSR count). The maximum absolute atomic E-state index is 14.1. The van der Waals surface area contributed by atoms with E-state index in [1.54, 1.807) is 0 Å². The molecule has 4 aromatic rings. The van der Waals surface area contributed by atoms with Gasteiger partial charge in [-0.3, -0.25) is 4.79 Å². The van der Waals surface area contributed by atoms with E-state index < -0.39 is 29.7 Å². The number of carbonyl (C=O) groups is 1. The van der Waals surface area contributed by atoms with Crippen molar-refractivity contribution in [1.29, 1.82) is 0 Å². The fourth-order valence-electron chi connectivity index (χ4n) is 4.00. The van der Waals surface area contributed by atoms with E-state index in [0.29, 0.717) is 5.82 Å². The molecule has 33 heavy (non-hydrogen) atoms. The molecule has 0 bridgehead atoms. The zero-order valence-corrected chi connectivity index (χ0v) is 17.7. The second kappa shape index (κ2) is 8.46. The Labute approximate surface area is 188 Å². The van der Waals surface area contributed by atoms with Crippen LogP contribution in [-0.4, -0.2) is 27.3 Å². The first kappa shape index (κ1) is 20.8. The lowest BCUT2D eigenvalue weighted by Gasteiger charge is -2.20. The third-order valence-corrected chi connectivity index (χ3v) is 5.70. The second-order valence-corrected chi connectivity index (χ2v) is 7.83. The van der Waals surface area contributed by atoms with E-state index in [0.717, 1.165) is 34.8 Å². The number of oxime groups is 1. The SMILES string of the molecule is Cn1c(C(NC(=O)C2CC(c3cc(F)ccc3F)=NO2)c2ccccc2)nc2ccccc21. The number of imidazole rings is 1. The molecule has 6 nitrogen and oxygen atoms in total. The lowest BCUT2D eigenvalue weighted by Crippen LogP contribution is -2.38. The number of halogens is 2. The maximum Gasteiger partial charge on any atom is 0.265 e. The van der Waals surface area contributed by atoms with E-state index in [2.05, 4.69) is 10.5 Å². The van der Waals surface area contributed by atoms with Crippen LogP contribution in [0.25, 0.3) is 11.0 Å². The molecule has 1 aliphatic heterocycles. The number of hydrogen-bond donors (Lipinski definition) is 1. The highest BCUT2D eigenvalue weighted by Crippen LogP contribution is 2.26. The molecular formula is C25H20F2N4O2. The third-order valence-electron chi connectivity index (χ3n) is 5.70. The standard InChI is InChI=1S/C25H20F2N4O2/c1-31-21-10-6-5-9-19(21)28-24(31)23(15-7-3-2-4-8-15)29-25(32)22-14-20(30-33-22)17-13-16(26)11-12-18(17)27/h2-13,22-23H,14H2,1H3,(H,29,32). The molecule has 2 unspecified atom stereocenters. The van der Waals surface area contributed by atoms with Gasteiger partial charge in [-0.25, -0.2) is 13.8 Å². The first-order chi connectivity index (χ1) is 16.0. The normalized spacial score (nSPS) is 16.3. The molecule has 2 heterocycles. The van der Waals surface area contributed by atoms with Crippen LogP contribution >= 0.6 is 0 Å². The van der Waals surface area contributed by atoms with Crippen LogP contribution in [-0.2, 0) is 16.7 Å². The Morgan fingerprint density at radius 3 is 2.64 bits per heavy atom. The number of nitrogens with zero attached hydrogens (tertiary/aromatic N) is 3. The van der Waals surface area contributed by atoms with Crippen LogP contribution in [0.5, 0.6) is 0 Å². The molecule has 8 heteroatoms. The highest BCUT2D eigenvalue weighted by molar-refractivity contribution is 6.04. The van der Waals surface area contributed by atoms with Crippen molar-refractivity contribution in [3.05, 3.63) is 101 Å². The van der Waals surface area contributed by atoms with E-state index in [-0.39, 0.29) is 17.7 Å². The molecule has 166 valence electrons. The van der Waals surface area contributed by atoms with E-state index in [1.807, 2.05) is 66.2 Å². The van der Waals surface area contributed by atoms with Crippen LogP contribution < -0.4 is 5.32 Å². The average molecular weight is 446 g/mol. The predicted molar refractivity (Wildman–Crippen MR) is 120 cm³/mol. The van der Waals surface area contributed by atoms with Gasteiger partial charge in [-0.15, -0.1) is 0 Å². The van der Waals surface area contributed by atoms with Gasteiger partial charge >= 0.3 is 0 Å². The zero-order chi connectivity index (χ0) is 22.9. The van der Waals surface area contributed by atoms with Gasteiger partial charge in [-0.05, 0) is 35.9 Å². The summed E-state index contributed by atoms with van der Waals surface area (Å²) < 4.78 is 29.6. The van der Waals surface area contributed by atoms with Gasteiger partial charge in [0.25, 0.3) is 5.91 Å². The summed E-state index contributed by atoms with van der Waals surface area (Å²) >= 11 is 0. The zero-order valence-electron chi connectivity index (χ0n) is 17.7. The maximum atomic E-state index is 14.1. The highest BCUT2D eigenvalue weighted by atomic mass is 19.1. The van der Waals surface area contributed by atoms with Crippen LogP contribution in [0.4, 0.5) is 8.78 Å². The molecule has 1 aromatic heterocycles. The van der Waals surface area contributed by atoms with Gasteiger partial charge in [0.05, 0.1) is 16.7 Å². The summed E-state index contributed by atoms with van der Waals surface area (Å²) in [5, 5.41) is 6.85. The molecular weight excluding hydrogens is 426 g/mol. The van der Waals surface area contributed by atoms with Gasteiger partial charge < -0.3 is 14.7 Å². The summed E-state index contributed by atoms with van der Waals surface area (Å²) in [6.07, 6.45) is -0.945. The Morgan fingerprint density at radius 2 is 1.85 bits per heavy atom. The first-order valence-electron chi connectivity index (χ1n) is 10.5. The lowest BCUT2D eigenvalue weighted by atomic mass is 10.0.